The summed E-state index contributed by atoms with van der Waals surface area (Å²) < 4.78 is 10.8. The van der Waals surface area contributed by atoms with Gasteiger partial charge in [-0.05, 0) is 58.4 Å². The number of nitrogens with one attached hydrogen (secondary N) is 3. The monoisotopic (exact) mass is 399 g/mol. The fourth-order valence-corrected chi connectivity index (χ4v) is 2.97. The highest BCUT2D eigenvalue weighted by Gasteiger charge is 2.21. The zero-order chi connectivity index (χ0) is 19.1. The van der Waals surface area contributed by atoms with Gasteiger partial charge in [-0.25, -0.2) is 0 Å². The number of hydrogen-bond acceptors (Lipinski definition) is 5. The van der Waals surface area contributed by atoms with Crippen LogP contribution in [0.1, 0.15) is 44.0 Å². The summed E-state index contributed by atoms with van der Waals surface area (Å²) in [5, 5.41) is 9.19. The fraction of sp³-hybridized carbons (Fsp3) is 0.579. The van der Waals surface area contributed by atoms with Gasteiger partial charge in [0.1, 0.15) is 0 Å². The minimum Gasteiger partial charge on any atom is -0.493 e. The van der Waals surface area contributed by atoms with Crippen molar-refractivity contribution in [2.24, 2.45) is 0 Å². The number of carbonyl (C=O) groups is 2. The van der Waals surface area contributed by atoms with Gasteiger partial charge in [-0.15, -0.1) is 12.4 Å². The first kappa shape index (κ1) is 23.0. The first-order chi connectivity index (χ1) is 12.4. The largest absolute Gasteiger partial charge is 0.493 e. The normalized spacial score (nSPS) is 19.0. The van der Waals surface area contributed by atoms with Gasteiger partial charge in [-0.1, -0.05) is 0 Å². The van der Waals surface area contributed by atoms with Crippen LogP contribution >= 0.6 is 12.4 Å². The quantitative estimate of drug-likeness (QED) is 0.651. The first-order valence-corrected chi connectivity index (χ1v) is 9.03. The van der Waals surface area contributed by atoms with Gasteiger partial charge in [0.2, 0.25) is 0 Å². The highest BCUT2D eigenvalue weighted by Crippen LogP contribution is 2.28. The van der Waals surface area contributed by atoms with Crippen molar-refractivity contribution >= 4 is 24.2 Å². The second-order valence-electron chi connectivity index (χ2n) is 6.93. The van der Waals surface area contributed by atoms with E-state index in [0.717, 1.165) is 19.4 Å². The van der Waals surface area contributed by atoms with Crippen molar-refractivity contribution in [2.45, 2.75) is 51.7 Å². The van der Waals surface area contributed by atoms with E-state index >= 15 is 0 Å². The van der Waals surface area contributed by atoms with E-state index in [1.807, 2.05) is 13.8 Å². The Bertz CT molecular complexity index is 639. The van der Waals surface area contributed by atoms with E-state index in [1.165, 1.54) is 7.11 Å². The van der Waals surface area contributed by atoms with Crippen LogP contribution in [0, 0.1) is 0 Å². The van der Waals surface area contributed by atoms with Crippen molar-refractivity contribution < 1.29 is 19.1 Å². The summed E-state index contributed by atoms with van der Waals surface area (Å²) in [5.74, 6) is 0.516. The average Bonchev–Trinajstić information content (AvgIpc) is 2.59. The van der Waals surface area contributed by atoms with Gasteiger partial charge >= 0.3 is 0 Å². The molecule has 1 aromatic rings. The van der Waals surface area contributed by atoms with Crippen LogP contribution in [0.15, 0.2) is 18.2 Å². The maximum atomic E-state index is 12.5. The number of benzene rings is 1. The lowest BCUT2D eigenvalue weighted by molar-refractivity contribution is -0.123. The third-order valence-electron chi connectivity index (χ3n) is 4.19. The Hall–Kier alpha value is -1.99. The van der Waals surface area contributed by atoms with Crippen LogP contribution in [0.3, 0.4) is 0 Å². The van der Waals surface area contributed by atoms with Crippen LogP contribution in [-0.2, 0) is 4.79 Å². The number of amides is 2. The summed E-state index contributed by atoms with van der Waals surface area (Å²) in [6.45, 7) is 6.68. The summed E-state index contributed by atoms with van der Waals surface area (Å²) in [6.07, 6.45) is 1.83. The van der Waals surface area contributed by atoms with Crippen LogP contribution in [0.2, 0.25) is 0 Å². The lowest BCUT2D eigenvalue weighted by atomic mass is 10.0. The number of carbonyl (C=O) groups excluding carboxylic acids is 2. The maximum absolute atomic E-state index is 12.5. The van der Waals surface area contributed by atoms with E-state index in [4.69, 9.17) is 9.47 Å². The molecule has 0 aliphatic carbocycles. The SMILES string of the molecule is COc1cc(C(=O)NC2CCNC(C)C2)ccc1OCC(=O)NC(C)C.Cl. The Morgan fingerprint density at radius 1 is 1.30 bits per heavy atom. The summed E-state index contributed by atoms with van der Waals surface area (Å²) >= 11 is 0. The Morgan fingerprint density at radius 3 is 2.67 bits per heavy atom. The summed E-state index contributed by atoms with van der Waals surface area (Å²) in [4.78, 5) is 24.2. The molecule has 27 heavy (non-hydrogen) atoms. The van der Waals surface area contributed by atoms with Crippen molar-refractivity contribution in [3.05, 3.63) is 23.8 Å². The molecule has 0 aromatic heterocycles. The predicted octanol–water partition coefficient (Wildman–Crippen LogP) is 1.89. The molecule has 2 atom stereocenters. The van der Waals surface area contributed by atoms with Crippen LogP contribution in [-0.4, -0.2) is 50.2 Å². The first-order valence-electron chi connectivity index (χ1n) is 9.03. The number of hydrogen-bond donors (Lipinski definition) is 3. The molecule has 2 amide bonds. The topological polar surface area (TPSA) is 88.7 Å². The Balaban J connectivity index is 0.00000364. The summed E-state index contributed by atoms with van der Waals surface area (Å²) in [7, 11) is 1.51. The molecule has 0 spiro atoms. The summed E-state index contributed by atoms with van der Waals surface area (Å²) in [5.41, 5.74) is 0.506. The number of methoxy groups -OCH3 is 1. The zero-order valence-electron chi connectivity index (χ0n) is 16.3. The number of rotatable bonds is 7. The molecule has 0 saturated carbocycles. The standard InChI is InChI=1S/C19H29N3O4.ClH/c1-12(2)21-18(23)11-26-16-6-5-14(10-17(16)25-4)19(24)22-15-7-8-20-13(3)9-15;/h5-6,10,12-13,15,20H,7-9,11H2,1-4H3,(H,21,23)(H,22,24);1H. The van der Waals surface area contributed by atoms with Gasteiger partial charge < -0.3 is 25.4 Å². The molecule has 3 N–H and O–H groups in total. The minimum absolute atomic E-state index is 0. The molecule has 1 fully saturated rings. The second kappa shape index (κ2) is 11.0. The van der Waals surface area contributed by atoms with E-state index in [9.17, 15) is 9.59 Å². The lowest BCUT2D eigenvalue weighted by Gasteiger charge is -2.28. The Morgan fingerprint density at radius 2 is 2.04 bits per heavy atom. The van der Waals surface area contributed by atoms with E-state index in [-0.39, 0.29) is 42.9 Å². The molecule has 0 radical (unpaired) electrons. The van der Waals surface area contributed by atoms with Gasteiger partial charge in [0, 0.05) is 23.7 Å². The van der Waals surface area contributed by atoms with Crippen LogP contribution in [0.5, 0.6) is 11.5 Å². The van der Waals surface area contributed by atoms with Gasteiger partial charge in [-0.3, -0.25) is 9.59 Å². The molecular formula is C19H30ClN3O4. The van der Waals surface area contributed by atoms with Gasteiger partial charge in [-0.2, -0.15) is 0 Å². The van der Waals surface area contributed by atoms with Crippen molar-refractivity contribution in [1.82, 2.24) is 16.0 Å². The second-order valence-corrected chi connectivity index (χ2v) is 6.93. The third kappa shape index (κ3) is 7.27. The molecule has 0 bridgehead atoms. The van der Waals surface area contributed by atoms with E-state index in [2.05, 4.69) is 22.9 Å². The number of ether oxygens (including phenoxy) is 2. The molecule has 1 aromatic carbocycles. The van der Waals surface area contributed by atoms with Crippen LogP contribution < -0.4 is 25.4 Å². The molecule has 2 unspecified atom stereocenters. The minimum atomic E-state index is -0.205. The number of halogens is 1. The smallest absolute Gasteiger partial charge is 0.258 e. The molecule has 1 aliphatic heterocycles. The van der Waals surface area contributed by atoms with Crippen LogP contribution in [0.25, 0.3) is 0 Å². The van der Waals surface area contributed by atoms with Crippen molar-refractivity contribution in [1.29, 1.82) is 0 Å². The lowest BCUT2D eigenvalue weighted by Crippen LogP contribution is -2.46. The molecule has 8 heteroatoms. The van der Waals surface area contributed by atoms with Crippen molar-refractivity contribution in [3.8, 4) is 11.5 Å². The number of piperidine rings is 1. The van der Waals surface area contributed by atoms with Crippen LogP contribution in [0.4, 0.5) is 0 Å². The molecule has 7 nitrogen and oxygen atoms in total. The van der Waals surface area contributed by atoms with E-state index in [0.29, 0.717) is 23.1 Å². The van der Waals surface area contributed by atoms with Gasteiger partial charge in [0.05, 0.1) is 7.11 Å². The van der Waals surface area contributed by atoms with Gasteiger partial charge in [0.15, 0.2) is 18.1 Å². The third-order valence-corrected chi connectivity index (χ3v) is 4.19. The Labute approximate surface area is 167 Å². The molecule has 1 aliphatic rings. The fourth-order valence-electron chi connectivity index (χ4n) is 2.97. The maximum Gasteiger partial charge on any atom is 0.258 e. The molecule has 2 rings (SSSR count). The highest BCUT2D eigenvalue weighted by atomic mass is 35.5. The molecule has 1 saturated heterocycles. The highest BCUT2D eigenvalue weighted by molar-refractivity contribution is 5.95. The predicted molar refractivity (Wildman–Crippen MR) is 107 cm³/mol. The Kier molecular flexibility index (Phi) is 9.38. The average molecular weight is 400 g/mol. The summed E-state index contributed by atoms with van der Waals surface area (Å²) in [6, 6.07) is 5.59. The van der Waals surface area contributed by atoms with Crippen molar-refractivity contribution in [3.63, 3.8) is 0 Å². The molecule has 1 heterocycles. The molecular weight excluding hydrogens is 370 g/mol. The van der Waals surface area contributed by atoms with E-state index in [1.54, 1.807) is 18.2 Å². The molecule has 152 valence electrons. The van der Waals surface area contributed by atoms with Gasteiger partial charge in [0.25, 0.3) is 11.8 Å². The zero-order valence-corrected chi connectivity index (χ0v) is 17.2. The van der Waals surface area contributed by atoms with E-state index < -0.39 is 0 Å². The van der Waals surface area contributed by atoms with Crippen molar-refractivity contribution in [2.75, 3.05) is 20.3 Å².